The SMILES string of the molecule is CCCCOCc1cc(COCCCC)c(O)c(COCCCC)c1. The minimum Gasteiger partial charge on any atom is -0.507 e. The molecular weight excluding hydrogens is 316 g/mol. The number of hydrogen-bond donors (Lipinski definition) is 1. The first kappa shape index (κ1) is 21.9. The molecule has 1 N–H and O–H groups in total. The third-order valence-corrected chi connectivity index (χ3v) is 4.04. The van der Waals surface area contributed by atoms with Crippen LogP contribution >= 0.6 is 0 Å². The minimum absolute atomic E-state index is 0.297. The predicted octanol–water partition coefficient (Wildman–Crippen LogP) is 5.34. The number of hydrogen-bond acceptors (Lipinski definition) is 4. The molecule has 1 aromatic rings. The van der Waals surface area contributed by atoms with Crippen LogP contribution in [0, 0.1) is 0 Å². The Balaban J connectivity index is 2.72. The molecule has 4 nitrogen and oxygen atoms in total. The van der Waals surface area contributed by atoms with Gasteiger partial charge in [0.1, 0.15) is 5.75 Å². The lowest BCUT2D eigenvalue weighted by Crippen LogP contribution is -2.03. The van der Waals surface area contributed by atoms with E-state index in [0.717, 1.165) is 75.0 Å². The van der Waals surface area contributed by atoms with Crippen LogP contribution in [0.25, 0.3) is 0 Å². The Bertz CT molecular complexity index is 426. The average Bonchev–Trinajstić information content (AvgIpc) is 2.62. The summed E-state index contributed by atoms with van der Waals surface area (Å²) in [4.78, 5) is 0. The van der Waals surface area contributed by atoms with Gasteiger partial charge >= 0.3 is 0 Å². The zero-order chi connectivity index (χ0) is 18.3. The molecule has 0 aliphatic carbocycles. The Labute approximate surface area is 153 Å². The van der Waals surface area contributed by atoms with Crippen LogP contribution in [0.3, 0.4) is 0 Å². The van der Waals surface area contributed by atoms with Crippen molar-refractivity contribution in [2.75, 3.05) is 19.8 Å². The van der Waals surface area contributed by atoms with E-state index >= 15 is 0 Å². The highest BCUT2D eigenvalue weighted by Gasteiger charge is 2.11. The second-order valence-electron chi connectivity index (χ2n) is 6.48. The molecule has 1 rings (SSSR count). The summed E-state index contributed by atoms with van der Waals surface area (Å²) in [7, 11) is 0. The summed E-state index contributed by atoms with van der Waals surface area (Å²) in [5.74, 6) is 0.297. The zero-order valence-corrected chi connectivity index (χ0v) is 16.3. The number of unbranched alkanes of at least 4 members (excludes halogenated alkanes) is 3. The van der Waals surface area contributed by atoms with Gasteiger partial charge in [0.05, 0.1) is 19.8 Å². The number of phenols is 1. The molecule has 0 saturated carbocycles. The van der Waals surface area contributed by atoms with Gasteiger partial charge in [0.15, 0.2) is 0 Å². The van der Waals surface area contributed by atoms with Crippen molar-refractivity contribution in [1.29, 1.82) is 0 Å². The van der Waals surface area contributed by atoms with Crippen LogP contribution in [0.15, 0.2) is 12.1 Å². The van der Waals surface area contributed by atoms with Gasteiger partial charge in [0.2, 0.25) is 0 Å². The molecule has 0 bridgehead atoms. The van der Waals surface area contributed by atoms with Crippen LogP contribution < -0.4 is 0 Å². The van der Waals surface area contributed by atoms with Crippen molar-refractivity contribution in [2.45, 2.75) is 79.1 Å². The highest BCUT2D eigenvalue weighted by Crippen LogP contribution is 2.27. The number of phenolic OH excluding ortho intramolecular Hbond substituents is 1. The molecule has 0 saturated heterocycles. The minimum atomic E-state index is 0.297. The third kappa shape index (κ3) is 9.24. The van der Waals surface area contributed by atoms with Crippen molar-refractivity contribution in [3.63, 3.8) is 0 Å². The van der Waals surface area contributed by atoms with E-state index in [1.54, 1.807) is 0 Å². The van der Waals surface area contributed by atoms with E-state index in [4.69, 9.17) is 14.2 Å². The topological polar surface area (TPSA) is 47.9 Å². The molecule has 25 heavy (non-hydrogen) atoms. The van der Waals surface area contributed by atoms with Gasteiger partial charge < -0.3 is 19.3 Å². The lowest BCUT2D eigenvalue weighted by molar-refractivity contribution is 0.108. The maximum absolute atomic E-state index is 10.5. The number of aromatic hydroxyl groups is 1. The van der Waals surface area contributed by atoms with E-state index in [1.165, 1.54) is 0 Å². The first-order valence-corrected chi connectivity index (χ1v) is 9.79. The Morgan fingerprint density at radius 3 is 1.48 bits per heavy atom. The summed E-state index contributed by atoms with van der Waals surface area (Å²) in [5.41, 5.74) is 2.71. The fourth-order valence-electron chi connectivity index (χ4n) is 2.43. The molecule has 1 aromatic carbocycles. The Morgan fingerprint density at radius 1 is 0.680 bits per heavy atom. The van der Waals surface area contributed by atoms with E-state index in [0.29, 0.717) is 25.6 Å². The predicted molar refractivity (Wildman–Crippen MR) is 102 cm³/mol. The summed E-state index contributed by atoms with van der Waals surface area (Å²) in [5, 5.41) is 10.5. The van der Waals surface area contributed by atoms with Gasteiger partial charge in [0.25, 0.3) is 0 Å². The van der Waals surface area contributed by atoms with E-state index in [1.807, 2.05) is 12.1 Å². The highest BCUT2D eigenvalue weighted by atomic mass is 16.5. The third-order valence-electron chi connectivity index (χ3n) is 4.04. The maximum atomic E-state index is 10.5. The van der Waals surface area contributed by atoms with Gasteiger partial charge in [-0.2, -0.15) is 0 Å². The second kappa shape index (κ2) is 14.1. The fraction of sp³-hybridized carbons (Fsp3) is 0.714. The van der Waals surface area contributed by atoms with Crippen molar-refractivity contribution in [3.05, 3.63) is 28.8 Å². The fourth-order valence-corrected chi connectivity index (χ4v) is 2.43. The van der Waals surface area contributed by atoms with Crippen LogP contribution in [-0.4, -0.2) is 24.9 Å². The van der Waals surface area contributed by atoms with Crippen molar-refractivity contribution in [1.82, 2.24) is 0 Å². The number of benzene rings is 1. The summed E-state index contributed by atoms with van der Waals surface area (Å²) >= 11 is 0. The van der Waals surface area contributed by atoms with Crippen molar-refractivity contribution < 1.29 is 19.3 Å². The monoisotopic (exact) mass is 352 g/mol. The first-order valence-electron chi connectivity index (χ1n) is 9.79. The highest BCUT2D eigenvalue weighted by molar-refractivity contribution is 5.43. The van der Waals surface area contributed by atoms with E-state index in [9.17, 15) is 5.11 Å². The molecular formula is C21H36O4. The van der Waals surface area contributed by atoms with Crippen LogP contribution in [0.1, 0.15) is 76.0 Å². The smallest absolute Gasteiger partial charge is 0.126 e. The Morgan fingerprint density at radius 2 is 1.08 bits per heavy atom. The Kier molecular flexibility index (Phi) is 12.4. The Hall–Kier alpha value is -1.10. The molecule has 144 valence electrons. The summed E-state index contributed by atoms with van der Waals surface area (Å²) < 4.78 is 17.1. The van der Waals surface area contributed by atoms with E-state index < -0.39 is 0 Å². The maximum Gasteiger partial charge on any atom is 0.126 e. The van der Waals surface area contributed by atoms with Gasteiger partial charge in [-0.05, 0) is 37.0 Å². The molecule has 0 spiro atoms. The van der Waals surface area contributed by atoms with Crippen molar-refractivity contribution in [2.24, 2.45) is 0 Å². The van der Waals surface area contributed by atoms with Gasteiger partial charge in [-0.1, -0.05) is 40.0 Å². The van der Waals surface area contributed by atoms with Crippen molar-refractivity contribution >= 4 is 0 Å². The van der Waals surface area contributed by atoms with Crippen LogP contribution in [0.5, 0.6) is 5.75 Å². The van der Waals surface area contributed by atoms with Gasteiger partial charge in [-0.25, -0.2) is 0 Å². The molecule has 0 amide bonds. The molecule has 0 atom stereocenters. The molecule has 0 aliphatic heterocycles. The molecule has 0 fully saturated rings. The van der Waals surface area contributed by atoms with Crippen LogP contribution in [-0.2, 0) is 34.0 Å². The van der Waals surface area contributed by atoms with Gasteiger partial charge in [-0.15, -0.1) is 0 Å². The standard InChI is InChI=1S/C21H36O4/c1-4-7-10-23-15-18-13-19(16-24-11-8-5-2)21(22)20(14-18)17-25-12-9-6-3/h13-14,22H,4-12,15-17H2,1-3H3. The zero-order valence-electron chi connectivity index (χ0n) is 16.3. The molecule has 0 heterocycles. The number of rotatable bonds is 15. The van der Waals surface area contributed by atoms with E-state index in [-0.39, 0.29) is 0 Å². The van der Waals surface area contributed by atoms with Gasteiger partial charge in [-0.3, -0.25) is 0 Å². The number of ether oxygens (including phenoxy) is 3. The largest absolute Gasteiger partial charge is 0.507 e. The molecule has 0 radical (unpaired) electrons. The molecule has 4 heteroatoms. The molecule has 0 unspecified atom stereocenters. The molecule has 0 aromatic heterocycles. The van der Waals surface area contributed by atoms with Crippen molar-refractivity contribution in [3.8, 4) is 5.75 Å². The summed E-state index contributed by atoms with van der Waals surface area (Å²) in [6.07, 6.45) is 6.48. The molecule has 0 aliphatic rings. The van der Waals surface area contributed by atoms with Crippen LogP contribution in [0.4, 0.5) is 0 Å². The lowest BCUT2D eigenvalue weighted by atomic mass is 10.0. The van der Waals surface area contributed by atoms with Gasteiger partial charge in [0, 0.05) is 30.9 Å². The lowest BCUT2D eigenvalue weighted by Gasteiger charge is -2.14. The summed E-state index contributed by atoms with van der Waals surface area (Å²) in [6, 6.07) is 3.98. The quantitative estimate of drug-likeness (QED) is 0.433. The summed E-state index contributed by atoms with van der Waals surface area (Å²) in [6.45, 7) is 10.0. The first-order chi connectivity index (χ1) is 12.2. The normalized spacial score (nSPS) is 11.2. The van der Waals surface area contributed by atoms with E-state index in [2.05, 4.69) is 20.8 Å². The van der Waals surface area contributed by atoms with Crippen LogP contribution in [0.2, 0.25) is 0 Å². The average molecular weight is 353 g/mol. The second-order valence-corrected chi connectivity index (χ2v) is 6.48.